The van der Waals surface area contributed by atoms with E-state index in [1.54, 1.807) is 0 Å². The summed E-state index contributed by atoms with van der Waals surface area (Å²) in [4.78, 5) is 0. The Kier molecular flexibility index (Phi) is 3.76. The van der Waals surface area contributed by atoms with Crippen LogP contribution in [-0.4, -0.2) is 0 Å². The Morgan fingerprint density at radius 3 is 2.29 bits per heavy atom. The first-order valence-electron chi connectivity index (χ1n) is 7.44. The van der Waals surface area contributed by atoms with Crippen LogP contribution in [0.2, 0.25) is 0 Å². The highest BCUT2D eigenvalue weighted by molar-refractivity contribution is 5.85. The zero-order chi connectivity index (χ0) is 14.8. The molecule has 0 aliphatic rings. The summed E-state index contributed by atoms with van der Waals surface area (Å²) < 4.78 is 0. The molecule has 1 nitrogen and oxygen atoms in total. The van der Waals surface area contributed by atoms with Gasteiger partial charge in [-0.05, 0) is 42.2 Å². The van der Waals surface area contributed by atoms with Crippen molar-refractivity contribution in [1.29, 1.82) is 0 Å². The smallest absolute Gasteiger partial charge is 0.0336 e. The summed E-state index contributed by atoms with van der Waals surface area (Å²) in [6, 6.07) is 21.6. The van der Waals surface area contributed by atoms with Crippen molar-refractivity contribution in [2.75, 3.05) is 0 Å². The van der Waals surface area contributed by atoms with Crippen molar-refractivity contribution in [3.05, 3.63) is 82.9 Å². The fourth-order valence-electron chi connectivity index (χ4n) is 3.05. The zero-order valence-electron chi connectivity index (χ0n) is 12.6. The first-order chi connectivity index (χ1) is 10.1. The molecule has 0 amide bonds. The fraction of sp³-hybridized carbons (Fsp3) is 0.200. The lowest BCUT2D eigenvalue weighted by molar-refractivity contribution is 0.724. The second kappa shape index (κ2) is 5.71. The van der Waals surface area contributed by atoms with Gasteiger partial charge in [0.2, 0.25) is 0 Å². The first kappa shape index (κ1) is 13.8. The number of hydrogen-bond donors (Lipinski definition) is 1. The highest BCUT2D eigenvalue weighted by atomic mass is 14.6. The molecule has 106 valence electrons. The van der Waals surface area contributed by atoms with Gasteiger partial charge in [-0.1, -0.05) is 71.8 Å². The molecule has 0 radical (unpaired) electrons. The topological polar surface area (TPSA) is 26.0 Å². The van der Waals surface area contributed by atoms with Crippen LogP contribution in [0.4, 0.5) is 0 Å². The molecule has 0 heterocycles. The molecule has 0 spiro atoms. The number of rotatable bonds is 3. The molecule has 21 heavy (non-hydrogen) atoms. The molecule has 0 aliphatic heterocycles. The van der Waals surface area contributed by atoms with E-state index >= 15 is 0 Å². The van der Waals surface area contributed by atoms with Gasteiger partial charge in [-0.25, -0.2) is 0 Å². The lowest BCUT2D eigenvalue weighted by atomic mass is 9.94. The van der Waals surface area contributed by atoms with Crippen LogP contribution in [-0.2, 0) is 6.42 Å². The van der Waals surface area contributed by atoms with Gasteiger partial charge in [0.1, 0.15) is 0 Å². The maximum absolute atomic E-state index is 6.46. The molecule has 3 aromatic carbocycles. The minimum atomic E-state index is 0.0365. The van der Waals surface area contributed by atoms with Crippen molar-refractivity contribution in [2.45, 2.75) is 26.3 Å². The average molecular weight is 275 g/mol. The third-order valence-electron chi connectivity index (χ3n) is 3.99. The summed E-state index contributed by atoms with van der Waals surface area (Å²) in [5, 5.41) is 2.59. The molecule has 0 saturated carbocycles. The Bertz CT molecular complexity index is 748. The van der Waals surface area contributed by atoms with Gasteiger partial charge in [0, 0.05) is 6.04 Å². The van der Waals surface area contributed by atoms with Crippen LogP contribution in [0.1, 0.15) is 28.3 Å². The second-order valence-corrected chi connectivity index (χ2v) is 5.87. The molecule has 3 aromatic rings. The van der Waals surface area contributed by atoms with Crippen molar-refractivity contribution in [3.8, 4) is 0 Å². The Morgan fingerprint density at radius 1 is 0.857 bits per heavy atom. The van der Waals surface area contributed by atoms with Gasteiger partial charge >= 0.3 is 0 Å². The van der Waals surface area contributed by atoms with Gasteiger partial charge in [0.15, 0.2) is 0 Å². The van der Waals surface area contributed by atoms with E-state index in [-0.39, 0.29) is 6.04 Å². The van der Waals surface area contributed by atoms with E-state index in [1.165, 1.54) is 33.0 Å². The summed E-state index contributed by atoms with van der Waals surface area (Å²) >= 11 is 0. The average Bonchev–Trinajstić information content (AvgIpc) is 2.46. The van der Waals surface area contributed by atoms with E-state index in [2.05, 4.69) is 74.5 Å². The lowest BCUT2D eigenvalue weighted by Gasteiger charge is -2.15. The Labute approximate surface area is 126 Å². The summed E-state index contributed by atoms with van der Waals surface area (Å²) in [5.74, 6) is 0. The SMILES string of the molecule is Cc1cc(C)cc(C(N)Cc2cccc3ccccc23)c1. The van der Waals surface area contributed by atoms with Crippen LogP contribution in [0, 0.1) is 13.8 Å². The van der Waals surface area contributed by atoms with E-state index < -0.39 is 0 Å². The van der Waals surface area contributed by atoms with E-state index in [4.69, 9.17) is 5.73 Å². The normalized spacial score (nSPS) is 12.5. The minimum absolute atomic E-state index is 0.0365. The molecule has 3 rings (SSSR count). The van der Waals surface area contributed by atoms with Crippen molar-refractivity contribution in [3.63, 3.8) is 0 Å². The van der Waals surface area contributed by atoms with E-state index in [9.17, 15) is 0 Å². The molecule has 2 N–H and O–H groups in total. The van der Waals surface area contributed by atoms with Crippen LogP contribution in [0.5, 0.6) is 0 Å². The molecule has 0 aliphatic carbocycles. The van der Waals surface area contributed by atoms with Gasteiger partial charge < -0.3 is 5.73 Å². The second-order valence-electron chi connectivity index (χ2n) is 5.87. The Balaban J connectivity index is 1.94. The van der Waals surface area contributed by atoms with E-state index in [0.717, 1.165) is 6.42 Å². The predicted octanol–water partition coefficient (Wildman–Crippen LogP) is 4.70. The maximum Gasteiger partial charge on any atom is 0.0336 e. The quantitative estimate of drug-likeness (QED) is 0.736. The van der Waals surface area contributed by atoms with Crippen molar-refractivity contribution < 1.29 is 0 Å². The van der Waals surface area contributed by atoms with Crippen molar-refractivity contribution in [1.82, 2.24) is 0 Å². The van der Waals surface area contributed by atoms with Gasteiger partial charge in [-0.2, -0.15) is 0 Å². The molecule has 0 bridgehead atoms. The number of aryl methyl sites for hydroxylation is 2. The van der Waals surface area contributed by atoms with E-state index in [0.29, 0.717) is 0 Å². The van der Waals surface area contributed by atoms with Gasteiger partial charge in [0.25, 0.3) is 0 Å². The third-order valence-corrected chi connectivity index (χ3v) is 3.99. The summed E-state index contributed by atoms with van der Waals surface area (Å²) in [6.07, 6.45) is 0.865. The standard InChI is InChI=1S/C20H21N/c1-14-10-15(2)12-18(11-14)20(21)13-17-8-5-7-16-6-3-4-9-19(16)17/h3-12,20H,13,21H2,1-2H3. The molecule has 0 aromatic heterocycles. The molecule has 0 fully saturated rings. The van der Waals surface area contributed by atoms with Crippen LogP contribution >= 0.6 is 0 Å². The van der Waals surface area contributed by atoms with Crippen LogP contribution in [0.25, 0.3) is 10.8 Å². The highest BCUT2D eigenvalue weighted by Gasteiger charge is 2.10. The lowest BCUT2D eigenvalue weighted by Crippen LogP contribution is -2.14. The summed E-state index contributed by atoms with van der Waals surface area (Å²) in [6.45, 7) is 4.25. The molecular formula is C20H21N. The van der Waals surface area contributed by atoms with Crippen molar-refractivity contribution >= 4 is 10.8 Å². The third kappa shape index (κ3) is 2.98. The molecule has 1 heteroatoms. The van der Waals surface area contributed by atoms with Crippen LogP contribution in [0.15, 0.2) is 60.7 Å². The van der Waals surface area contributed by atoms with E-state index in [1.807, 2.05) is 0 Å². The summed E-state index contributed by atoms with van der Waals surface area (Å²) in [5.41, 5.74) is 11.6. The number of hydrogen-bond acceptors (Lipinski definition) is 1. The molecule has 1 unspecified atom stereocenters. The first-order valence-corrected chi connectivity index (χ1v) is 7.44. The molecular weight excluding hydrogens is 254 g/mol. The minimum Gasteiger partial charge on any atom is -0.324 e. The largest absolute Gasteiger partial charge is 0.324 e. The fourth-order valence-corrected chi connectivity index (χ4v) is 3.05. The zero-order valence-corrected chi connectivity index (χ0v) is 12.6. The van der Waals surface area contributed by atoms with Gasteiger partial charge in [0.05, 0.1) is 0 Å². The summed E-state index contributed by atoms with van der Waals surface area (Å²) in [7, 11) is 0. The van der Waals surface area contributed by atoms with Crippen LogP contribution < -0.4 is 5.73 Å². The monoisotopic (exact) mass is 275 g/mol. The van der Waals surface area contributed by atoms with Crippen molar-refractivity contribution in [2.24, 2.45) is 5.73 Å². The number of benzene rings is 3. The highest BCUT2D eigenvalue weighted by Crippen LogP contribution is 2.24. The van der Waals surface area contributed by atoms with Gasteiger partial charge in [-0.3, -0.25) is 0 Å². The molecule has 1 atom stereocenters. The number of nitrogens with two attached hydrogens (primary N) is 1. The maximum atomic E-state index is 6.46. The molecule has 0 saturated heterocycles. The Hall–Kier alpha value is -2.12. The van der Waals surface area contributed by atoms with Gasteiger partial charge in [-0.15, -0.1) is 0 Å². The Morgan fingerprint density at radius 2 is 1.52 bits per heavy atom. The number of fused-ring (bicyclic) bond motifs is 1. The predicted molar refractivity (Wildman–Crippen MR) is 90.5 cm³/mol. The van der Waals surface area contributed by atoms with Crippen LogP contribution in [0.3, 0.4) is 0 Å².